The van der Waals surface area contributed by atoms with Gasteiger partial charge in [0.2, 0.25) is 0 Å². The maximum Gasteiger partial charge on any atom is 0.165 e. The molecule has 0 aliphatic heterocycles. The Labute approximate surface area is 135 Å². The van der Waals surface area contributed by atoms with Crippen molar-refractivity contribution in [2.75, 3.05) is 11.9 Å². The van der Waals surface area contributed by atoms with E-state index in [0.29, 0.717) is 0 Å². The van der Waals surface area contributed by atoms with Crippen molar-refractivity contribution in [1.82, 2.24) is 20.1 Å². The molecule has 0 saturated carbocycles. The van der Waals surface area contributed by atoms with Crippen LogP contribution in [0.5, 0.6) is 0 Å². The van der Waals surface area contributed by atoms with Crippen LogP contribution >= 0.6 is 0 Å². The van der Waals surface area contributed by atoms with Gasteiger partial charge in [0.1, 0.15) is 17.9 Å². The quantitative estimate of drug-likeness (QED) is 0.729. The number of fused-ring (bicyclic) bond motifs is 1. The van der Waals surface area contributed by atoms with Crippen molar-refractivity contribution in [1.29, 1.82) is 0 Å². The molecule has 3 heterocycles. The first-order chi connectivity index (χ1) is 11.1. The lowest BCUT2D eigenvalue weighted by molar-refractivity contribution is 0.392. The van der Waals surface area contributed by atoms with Gasteiger partial charge in [-0.15, -0.1) is 0 Å². The average molecular weight is 311 g/mol. The summed E-state index contributed by atoms with van der Waals surface area (Å²) in [6, 6.07) is 2.06. The summed E-state index contributed by atoms with van der Waals surface area (Å²) >= 11 is 0. The molecule has 0 saturated heterocycles. The molecule has 0 amide bonds. The first-order valence-corrected chi connectivity index (χ1v) is 7.81. The van der Waals surface area contributed by atoms with Crippen LogP contribution in [0.2, 0.25) is 0 Å². The topological polar surface area (TPSA) is 76.7 Å². The molecule has 0 fully saturated rings. The van der Waals surface area contributed by atoms with Gasteiger partial charge in [-0.25, -0.2) is 15.0 Å². The third-order valence-corrected chi connectivity index (χ3v) is 4.01. The second kappa shape index (κ2) is 6.32. The summed E-state index contributed by atoms with van der Waals surface area (Å²) in [7, 11) is 0. The van der Waals surface area contributed by atoms with E-state index < -0.39 is 0 Å². The number of hydrogen-bond donors (Lipinski definition) is 1. The number of rotatable bonds is 5. The van der Waals surface area contributed by atoms with E-state index >= 15 is 0 Å². The monoisotopic (exact) mass is 311 g/mol. The lowest BCUT2D eigenvalue weighted by Gasteiger charge is -2.10. The Morgan fingerprint density at radius 3 is 2.70 bits per heavy atom. The third-order valence-electron chi connectivity index (χ3n) is 4.01. The highest BCUT2D eigenvalue weighted by molar-refractivity contribution is 5.89. The molecule has 0 aromatic carbocycles. The van der Waals surface area contributed by atoms with Gasteiger partial charge in [-0.2, -0.15) is 0 Å². The van der Waals surface area contributed by atoms with E-state index in [1.165, 1.54) is 5.56 Å². The van der Waals surface area contributed by atoms with Crippen molar-refractivity contribution in [3.05, 3.63) is 40.7 Å². The van der Waals surface area contributed by atoms with Crippen molar-refractivity contribution in [2.45, 2.75) is 40.5 Å². The summed E-state index contributed by atoms with van der Waals surface area (Å²) < 4.78 is 5.20. The van der Waals surface area contributed by atoms with Crippen LogP contribution in [-0.2, 0) is 6.42 Å². The van der Waals surface area contributed by atoms with E-state index in [2.05, 4.69) is 38.4 Å². The van der Waals surface area contributed by atoms with Gasteiger partial charge in [0.25, 0.3) is 0 Å². The number of hydrogen-bond acceptors (Lipinski definition) is 6. The molecule has 120 valence electrons. The molecule has 6 nitrogen and oxygen atoms in total. The molecular formula is C17H21N5O. The molecule has 0 aliphatic carbocycles. The summed E-state index contributed by atoms with van der Waals surface area (Å²) in [5.74, 6) is 1.75. The molecule has 0 spiro atoms. The summed E-state index contributed by atoms with van der Waals surface area (Å²) in [6.45, 7) is 8.80. The van der Waals surface area contributed by atoms with Crippen LogP contribution in [0.25, 0.3) is 11.0 Å². The summed E-state index contributed by atoms with van der Waals surface area (Å²) in [6.07, 6.45) is 3.48. The van der Waals surface area contributed by atoms with Crippen LogP contribution in [0.3, 0.4) is 0 Å². The van der Waals surface area contributed by atoms with Crippen molar-refractivity contribution in [2.24, 2.45) is 0 Å². The van der Waals surface area contributed by atoms with Crippen LogP contribution in [0.4, 0.5) is 5.82 Å². The molecule has 0 bridgehead atoms. The number of nitrogens with zero attached hydrogens (tertiary/aromatic N) is 4. The Hall–Kier alpha value is -2.50. The molecule has 3 aromatic heterocycles. The molecule has 6 heteroatoms. The zero-order valence-corrected chi connectivity index (χ0v) is 14.0. The van der Waals surface area contributed by atoms with E-state index in [1.54, 1.807) is 6.33 Å². The number of aryl methyl sites for hydroxylation is 4. The number of aromatic nitrogens is 4. The van der Waals surface area contributed by atoms with Crippen LogP contribution in [-0.4, -0.2) is 26.7 Å². The fraction of sp³-hybridized carbons (Fsp3) is 0.412. The van der Waals surface area contributed by atoms with Gasteiger partial charge in [0.05, 0.1) is 11.1 Å². The van der Waals surface area contributed by atoms with E-state index in [-0.39, 0.29) is 0 Å². The Morgan fingerprint density at radius 1 is 1.13 bits per heavy atom. The van der Waals surface area contributed by atoms with Crippen molar-refractivity contribution >= 4 is 16.9 Å². The average Bonchev–Trinajstić information content (AvgIpc) is 2.82. The van der Waals surface area contributed by atoms with Gasteiger partial charge in [-0.05, 0) is 52.2 Å². The smallest absolute Gasteiger partial charge is 0.165 e. The van der Waals surface area contributed by atoms with Crippen molar-refractivity contribution in [3.63, 3.8) is 0 Å². The highest BCUT2D eigenvalue weighted by atomic mass is 16.5. The zero-order chi connectivity index (χ0) is 16.4. The first-order valence-electron chi connectivity index (χ1n) is 7.81. The van der Waals surface area contributed by atoms with Crippen molar-refractivity contribution < 1.29 is 4.52 Å². The Morgan fingerprint density at radius 2 is 1.96 bits per heavy atom. The first kappa shape index (κ1) is 15.4. The van der Waals surface area contributed by atoms with Crippen LogP contribution in [0, 0.1) is 27.7 Å². The van der Waals surface area contributed by atoms with Gasteiger partial charge in [-0.1, -0.05) is 5.16 Å². The second-order valence-corrected chi connectivity index (χ2v) is 5.83. The standard InChI is InChI=1S/C17H21N5O/c1-10-8-11(2)21-17-15(10)16(19-9-20-17)18-7-5-6-14-12(3)22-23-13(14)4/h8-9H,5-7H2,1-4H3,(H,18,19,20,21). The van der Waals surface area contributed by atoms with Gasteiger partial charge in [0, 0.05) is 17.8 Å². The van der Waals surface area contributed by atoms with E-state index in [0.717, 1.165) is 58.9 Å². The molecule has 0 atom stereocenters. The predicted molar refractivity (Wildman–Crippen MR) is 89.6 cm³/mol. The molecule has 3 rings (SSSR count). The molecule has 3 aromatic rings. The van der Waals surface area contributed by atoms with Crippen LogP contribution in [0.15, 0.2) is 16.9 Å². The molecular weight excluding hydrogens is 290 g/mol. The normalized spacial score (nSPS) is 11.1. The molecule has 1 N–H and O–H groups in total. The molecule has 0 unspecified atom stereocenters. The SMILES string of the molecule is Cc1cc(C)c2c(NCCCc3c(C)noc3C)ncnc2n1. The molecule has 23 heavy (non-hydrogen) atoms. The van der Waals surface area contributed by atoms with Gasteiger partial charge in [0.15, 0.2) is 5.65 Å². The van der Waals surface area contributed by atoms with Gasteiger partial charge in [-0.3, -0.25) is 0 Å². The largest absolute Gasteiger partial charge is 0.369 e. The fourth-order valence-corrected chi connectivity index (χ4v) is 2.87. The summed E-state index contributed by atoms with van der Waals surface area (Å²) in [5.41, 5.74) is 5.03. The Kier molecular flexibility index (Phi) is 4.23. The predicted octanol–water partition coefficient (Wildman–Crippen LogP) is 3.29. The van der Waals surface area contributed by atoms with Crippen LogP contribution in [0.1, 0.15) is 34.7 Å². The highest BCUT2D eigenvalue weighted by Crippen LogP contribution is 2.22. The van der Waals surface area contributed by atoms with E-state index in [4.69, 9.17) is 4.52 Å². The van der Waals surface area contributed by atoms with Gasteiger partial charge >= 0.3 is 0 Å². The second-order valence-electron chi connectivity index (χ2n) is 5.83. The maximum absolute atomic E-state index is 5.20. The van der Waals surface area contributed by atoms with Gasteiger partial charge < -0.3 is 9.84 Å². The molecule has 0 radical (unpaired) electrons. The van der Waals surface area contributed by atoms with Crippen LogP contribution < -0.4 is 5.32 Å². The maximum atomic E-state index is 5.20. The minimum Gasteiger partial charge on any atom is -0.369 e. The Bertz CT molecular complexity index is 821. The minimum absolute atomic E-state index is 0.741. The number of anilines is 1. The zero-order valence-electron chi connectivity index (χ0n) is 14.0. The Balaban J connectivity index is 1.70. The lowest BCUT2D eigenvalue weighted by Crippen LogP contribution is -2.07. The minimum atomic E-state index is 0.741. The third kappa shape index (κ3) is 3.16. The lowest BCUT2D eigenvalue weighted by atomic mass is 10.1. The fourth-order valence-electron chi connectivity index (χ4n) is 2.87. The molecule has 0 aliphatic rings. The summed E-state index contributed by atoms with van der Waals surface area (Å²) in [5, 5.41) is 8.39. The van der Waals surface area contributed by atoms with E-state index in [9.17, 15) is 0 Å². The highest BCUT2D eigenvalue weighted by Gasteiger charge is 2.10. The summed E-state index contributed by atoms with van der Waals surface area (Å²) in [4.78, 5) is 13.1. The number of nitrogens with one attached hydrogen (secondary N) is 1. The van der Waals surface area contributed by atoms with E-state index in [1.807, 2.05) is 20.8 Å². The van der Waals surface area contributed by atoms with Crippen molar-refractivity contribution in [3.8, 4) is 0 Å². The number of pyridine rings is 1.